The van der Waals surface area contributed by atoms with Gasteiger partial charge in [-0.15, -0.1) is 0 Å². The quantitative estimate of drug-likeness (QED) is 0.752. The first-order valence-corrected chi connectivity index (χ1v) is 7.92. The Morgan fingerprint density at radius 3 is 2.33 bits per heavy atom. The third-order valence-corrected chi connectivity index (χ3v) is 2.97. The monoisotopic (exact) mass is 301 g/mol. The second-order valence-electron chi connectivity index (χ2n) is 4.83. The third-order valence-electron chi connectivity index (χ3n) is 1.79. The Hall–Kier alpha value is -0.530. The van der Waals surface area contributed by atoms with E-state index in [9.17, 15) is 13.2 Å². The van der Waals surface area contributed by atoms with E-state index in [0.29, 0.717) is 13.0 Å². The van der Waals surface area contributed by atoms with Gasteiger partial charge in [0.25, 0.3) is 0 Å². The van der Waals surface area contributed by atoms with Crippen molar-refractivity contribution in [2.45, 2.75) is 38.8 Å². The van der Waals surface area contributed by atoms with E-state index in [4.69, 9.17) is 20.2 Å². The summed E-state index contributed by atoms with van der Waals surface area (Å²) in [5.74, 6) is -0.364. The van der Waals surface area contributed by atoms with Gasteiger partial charge in [-0.1, -0.05) is 0 Å². The van der Waals surface area contributed by atoms with Crippen LogP contribution in [-0.2, 0) is 18.5 Å². The predicted molar refractivity (Wildman–Crippen MR) is 69.3 cm³/mol. The molecule has 18 heavy (non-hydrogen) atoms. The largest absolute Gasteiger partial charge is 0.444 e. The van der Waals surface area contributed by atoms with Crippen LogP contribution in [0.4, 0.5) is 4.79 Å². The molecule has 6 nitrogen and oxygen atoms in total. The first kappa shape index (κ1) is 17.5. The highest BCUT2D eigenvalue weighted by molar-refractivity contribution is 8.13. The molecule has 0 bridgehead atoms. The van der Waals surface area contributed by atoms with Crippen LogP contribution in [0.1, 0.15) is 27.2 Å². The molecule has 0 spiro atoms. The van der Waals surface area contributed by atoms with Gasteiger partial charge < -0.3 is 14.8 Å². The van der Waals surface area contributed by atoms with Crippen LogP contribution in [0, 0.1) is 0 Å². The lowest BCUT2D eigenvalue weighted by atomic mass is 10.2. The number of amides is 1. The lowest BCUT2D eigenvalue weighted by Crippen LogP contribution is -2.42. The minimum Gasteiger partial charge on any atom is -0.444 e. The third kappa shape index (κ3) is 10.6. The molecule has 0 aliphatic heterocycles. The Kier molecular flexibility index (Phi) is 6.94. The van der Waals surface area contributed by atoms with Crippen LogP contribution < -0.4 is 5.32 Å². The number of nitrogens with one attached hydrogen (secondary N) is 1. The van der Waals surface area contributed by atoms with Crippen LogP contribution in [0.15, 0.2) is 0 Å². The van der Waals surface area contributed by atoms with Gasteiger partial charge in [-0.2, -0.15) is 0 Å². The lowest BCUT2D eigenvalue weighted by molar-refractivity contribution is 0.0500. The van der Waals surface area contributed by atoms with Crippen LogP contribution in [0.2, 0.25) is 0 Å². The standard InChI is InChI=1S/C10H20ClNO5S/c1-10(2,3)17-9(13)12-8(5-6-16-4)7-18(11,14)15/h8H,5-7H2,1-4H3,(H,12,13). The molecule has 0 heterocycles. The molecule has 0 rings (SSSR count). The van der Waals surface area contributed by atoms with E-state index in [0.717, 1.165) is 0 Å². The first-order chi connectivity index (χ1) is 8.03. The fraction of sp³-hybridized carbons (Fsp3) is 0.900. The number of rotatable bonds is 6. The normalized spacial score (nSPS) is 14.1. The SMILES string of the molecule is COCCC(CS(=O)(=O)Cl)NC(=O)OC(C)(C)C. The summed E-state index contributed by atoms with van der Waals surface area (Å²) in [5, 5.41) is 2.46. The van der Waals surface area contributed by atoms with E-state index < -0.39 is 26.8 Å². The van der Waals surface area contributed by atoms with Gasteiger partial charge in [0.05, 0.1) is 5.75 Å². The number of alkyl carbamates (subject to hydrolysis) is 1. The zero-order valence-electron chi connectivity index (χ0n) is 11.0. The van der Waals surface area contributed by atoms with Crippen molar-refractivity contribution in [3.05, 3.63) is 0 Å². The van der Waals surface area contributed by atoms with Gasteiger partial charge in [-0.05, 0) is 27.2 Å². The van der Waals surface area contributed by atoms with Crippen molar-refractivity contribution >= 4 is 25.8 Å². The Morgan fingerprint density at radius 2 is 1.94 bits per heavy atom. The van der Waals surface area contributed by atoms with E-state index in [1.165, 1.54) is 7.11 Å². The first-order valence-electron chi connectivity index (χ1n) is 5.44. The molecule has 108 valence electrons. The molecular weight excluding hydrogens is 282 g/mol. The minimum atomic E-state index is -3.70. The predicted octanol–water partition coefficient (Wildman–Crippen LogP) is 1.48. The summed E-state index contributed by atoms with van der Waals surface area (Å²) < 4.78 is 31.9. The maximum Gasteiger partial charge on any atom is 0.407 e. The van der Waals surface area contributed by atoms with Crippen LogP contribution in [0.25, 0.3) is 0 Å². The number of hydrogen-bond acceptors (Lipinski definition) is 5. The summed E-state index contributed by atoms with van der Waals surface area (Å²) in [5.41, 5.74) is -0.643. The number of carbonyl (C=O) groups excluding carboxylic acids is 1. The van der Waals surface area contributed by atoms with Crippen LogP contribution in [-0.4, -0.2) is 45.6 Å². The second-order valence-corrected chi connectivity index (χ2v) is 7.65. The highest BCUT2D eigenvalue weighted by atomic mass is 35.7. The molecule has 1 amide bonds. The number of halogens is 1. The summed E-state index contributed by atoms with van der Waals surface area (Å²) in [4.78, 5) is 11.5. The van der Waals surface area contributed by atoms with Crippen LogP contribution >= 0.6 is 10.7 Å². The van der Waals surface area contributed by atoms with Gasteiger partial charge >= 0.3 is 6.09 Å². The molecule has 0 aromatic rings. The summed E-state index contributed by atoms with van der Waals surface area (Å²) in [6.07, 6.45) is -0.342. The van der Waals surface area contributed by atoms with Gasteiger partial charge in [0.1, 0.15) is 5.60 Å². The van der Waals surface area contributed by atoms with E-state index in [1.54, 1.807) is 20.8 Å². The number of hydrogen-bond donors (Lipinski definition) is 1. The van der Waals surface area contributed by atoms with Gasteiger partial charge in [-0.3, -0.25) is 0 Å². The summed E-state index contributed by atoms with van der Waals surface area (Å²) >= 11 is 0. The van der Waals surface area contributed by atoms with Gasteiger partial charge in [-0.25, -0.2) is 13.2 Å². The molecule has 1 unspecified atom stereocenters. The van der Waals surface area contributed by atoms with Gasteiger partial charge in [0, 0.05) is 30.4 Å². The lowest BCUT2D eigenvalue weighted by Gasteiger charge is -2.23. The smallest absolute Gasteiger partial charge is 0.407 e. The van der Waals surface area contributed by atoms with Crippen molar-refractivity contribution in [3.8, 4) is 0 Å². The molecule has 0 aromatic heterocycles. The Morgan fingerprint density at radius 1 is 1.39 bits per heavy atom. The molecule has 0 radical (unpaired) electrons. The van der Waals surface area contributed by atoms with E-state index in [2.05, 4.69) is 5.32 Å². The fourth-order valence-corrected chi connectivity index (χ4v) is 2.36. The highest BCUT2D eigenvalue weighted by Gasteiger charge is 2.22. The summed E-state index contributed by atoms with van der Waals surface area (Å²) in [6.45, 7) is 5.46. The zero-order valence-corrected chi connectivity index (χ0v) is 12.6. The maximum absolute atomic E-state index is 11.5. The van der Waals surface area contributed by atoms with Crippen molar-refractivity contribution in [2.75, 3.05) is 19.5 Å². The summed E-state index contributed by atoms with van der Waals surface area (Å²) in [6, 6.07) is -0.637. The van der Waals surface area contributed by atoms with E-state index in [-0.39, 0.29) is 5.75 Å². The number of carbonyl (C=O) groups is 1. The maximum atomic E-state index is 11.5. The minimum absolute atomic E-state index is 0.312. The molecule has 8 heteroatoms. The Labute approximate surface area is 112 Å². The molecule has 1 atom stereocenters. The average Bonchev–Trinajstić information content (AvgIpc) is 2.08. The van der Waals surface area contributed by atoms with E-state index >= 15 is 0 Å². The molecule has 0 aromatic carbocycles. The van der Waals surface area contributed by atoms with Crippen molar-refractivity contribution in [3.63, 3.8) is 0 Å². The molecule has 0 aliphatic rings. The molecule has 0 saturated carbocycles. The number of methoxy groups -OCH3 is 1. The van der Waals surface area contributed by atoms with Crippen molar-refractivity contribution in [1.82, 2.24) is 5.32 Å². The molecular formula is C10H20ClNO5S. The molecule has 0 fully saturated rings. The molecule has 1 N–H and O–H groups in total. The second kappa shape index (κ2) is 7.16. The zero-order chi connectivity index (χ0) is 14.4. The van der Waals surface area contributed by atoms with Crippen LogP contribution in [0.5, 0.6) is 0 Å². The van der Waals surface area contributed by atoms with Crippen molar-refractivity contribution in [1.29, 1.82) is 0 Å². The van der Waals surface area contributed by atoms with Gasteiger partial charge in [0.15, 0.2) is 0 Å². The fourth-order valence-electron chi connectivity index (χ4n) is 1.17. The summed E-state index contributed by atoms with van der Waals surface area (Å²) in [7, 11) is 2.95. The highest BCUT2D eigenvalue weighted by Crippen LogP contribution is 2.09. The Bertz CT molecular complexity index is 363. The van der Waals surface area contributed by atoms with Crippen LogP contribution in [0.3, 0.4) is 0 Å². The number of ether oxygens (including phenoxy) is 2. The Balaban J connectivity index is 4.44. The average molecular weight is 302 g/mol. The molecule has 0 aliphatic carbocycles. The van der Waals surface area contributed by atoms with Gasteiger partial charge in [0.2, 0.25) is 9.05 Å². The van der Waals surface area contributed by atoms with Crippen molar-refractivity contribution in [2.24, 2.45) is 0 Å². The van der Waals surface area contributed by atoms with E-state index in [1.807, 2.05) is 0 Å². The topological polar surface area (TPSA) is 81.7 Å². The van der Waals surface area contributed by atoms with Crippen molar-refractivity contribution < 1.29 is 22.7 Å². The molecule has 0 saturated heterocycles.